The first-order chi connectivity index (χ1) is 7.51. The van der Waals surface area contributed by atoms with Gasteiger partial charge < -0.3 is 10.6 Å². The standard InChI is InChI=1S/C11H17N3OS/c1-8-13-9(7-16-8)6-14(2)10(15)11(12)4-3-5-11/h7H,3-6,12H2,1-2H3. The van der Waals surface area contributed by atoms with Gasteiger partial charge in [0, 0.05) is 12.4 Å². The van der Waals surface area contributed by atoms with Gasteiger partial charge in [-0.1, -0.05) is 0 Å². The summed E-state index contributed by atoms with van der Waals surface area (Å²) in [6.07, 6.45) is 2.68. The van der Waals surface area contributed by atoms with E-state index in [4.69, 9.17) is 5.73 Å². The van der Waals surface area contributed by atoms with Crippen molar-refractivity contribution in [2.75, 3.05) is 7.05 Å². The van der Waals surface area contributed by atoms with Crippen molar-refractivity contribution >= 4 is 17.2 Å². The molecule has 0 spiro atoms. The molecule has 2 N–H and O–H groups in total. The summed E-state index contributed by atoms with van der Waals surface area (Å²) in [6.45, 7) is 2.52. The number of nitrogens with zero attached hydrogens (tertiary/aromatic N) is 2. The highest BCUT2D eigenvalue weighted by atomic mass is 32.1. The zero-order chi connectivity index (χ0) is 11.8. The molecule has 1 amide bonds. The molecule has 1 heterocycles. The van der Waals surface area contributed by atoms with Crippen molar-refractivity contribution in [2.45, 2.75) is 38.3 Å². The normalized spacial score (nSPS) is 17.9. The largest absolute Gasteiger partial charge is 0.338 e. The second-order valence-corrected chi connectivity index (χ2v) is 5.59. The van der Waals surface area contributed by atoms with E-state index >= 15 is 0 Å². The highest BCUT2D eigenvalue weighted by molar-refractivity contribution is 7.09. The summed E-state index contributed by atoms with van der Waals surface area (Å²) < 4.78 is 0. The van der Waals surface area contributed by atoms with Gasteiger partial charge in [0.05, 0.1) is 22.8 Å². The van der Waals surface area contributed by atoms with E-state index in [1.807, 2.05) is 12.3 Å². The first-order valence-electron chi connectivity index (χ1n) is 5.47. The number of hydrogen-bond acceptors (Lipinski definition) is 4. The van der Waals surface area contributed by atoms with Crippen molar-refractivity contribution in [1.82, 2.24) is 9.88 Å². The number of thiazole rings is 1. The van der Waals surface area contributed by atoms with E-state index in [2.05, 4.69) is 4.98 Å². The molecule has 0 aliphatic heterocycles. The van der Waals surface area contributed by atoms with Gasteiger partial charge in [0.25, 0.3) is 0 Å². The molecule has 0 unspecified atom stereocenters. The molecule has 16 heavy (non-hydrogen) atoms. The van der Waals surface area contributed by atoms with Crippen LogP contribution in [0, 0.1) is 6.92 Å². The van der Waals surface area contributed by atoms with Gasteiger partial charge in [-0.15, -0.1) is 11.3 Å². The molecule has 1 saturated carbocycles. The minimum atomic E-state index is -0.597. The number of aryl methyl sites for hydroxylation is 1. The lowest BCUT2D eigenvalue weighted by atomic mass is 9.76. The first kappa shape index (κ1) is 11.5. The molecular formula is C11H17N3OS. The molecule has 1 aliphatic carbocycles. The Bertz CT molecular complexity index is 398. The Morgan fingerprint density at radius 3 is 2.81 bits per heavy atom. The number of amides is 1. The maximum Gasteiger partial charge on any atom is 0.242 e. The van der Waals surface area contributed by atoms with E-state index in [1.54, 1.807) is 23.3 Å². The fraction of sp³-hybridized carbons (Fsp3) is 0.636. The van der Waals surface area contributed by atoms with Gasteiger partial charge in [0.1, 0.15) is 0 Å². The Morgan fingerprint density at radius 1 is 1.69 bits per heavy atom. The van der Waals surface area contributed by atoms with Gasteiger partial charge in [0.2, 0.25) is 5.91 Å². The summed E-state index contributed by atoms with van der Waals surface area (Å²) in [7, 11) is 1.80. The first-order valence-corrected chi connectivity index (χ1v) is 6.35. The Labute approximate surface area is 99.5 Å². The number of likely N-dealkylation sites (N-methyl/N-ethyl adjacent to an activating group) is 1. The molecule has 0 bridgehead atoms. The fourth-order valence-corrected chi connectivity index (χ4v) is 2.55. The zero-order valence-corrected chi connectivity index (χ0v) is 10.5. The molecule has 0 radical (unpaired) electrons. The predicted molar refractivity (Wildman–Crippen MR) is 64.1 cm³/mol. The van der Waals surface area contributed by atoms with E-state index < -0.39 is 5.54 Å². The van der Waals surface area contributed by atoms with Crippen LogP contribution in [-0.2, 0) is 11.3 Å². The van der Waals surface area contributed by atoms with Crippen molar-refractivity contribution in [3.8, 4) is 0 Å². The van der Waals surface area contributed by atoms with Crippen LogP contribution in [0.3, 0.4) is 0 Å². The number of carbonyl (C=O) groups is 1. The number of rotatable bonds is 3. The molecule has 1 fully saturated rings. The highest BCUT2D eigenvalue weighted by Gasteiger charge is 2.41. The molecule has 1 aromatic heterocycles. The quantitative estimate of drug-likeness (QED) is 0.864. The SMILES string of the molecule is Cc1nc(CN(C)C(=O)C2(N)CCC2)cs1. The van der Waals surface area contributed by atoms with Crippen molar-refractivity contribution in [2.24, 2.45) is 5.73 Å². The lowest BCUT2D eigenvalue weighted by Gasteiger charge is -2.39. The van der Waals surface area contributed by atoms with E-state index in [1.165, 1.54) is 0 Å². The van der Waals surface area contributed by atoms with Crippen molar-refractivity contribution in [1.29, 1.82) is 0 Å². The second kappa shape index (κ2) is 4.14. The topological polar surface area (TPSA) is 59.2 Å². The van der Waals surface area contributed by atoms with Gasteiger partial charge in [0.15, 0.2) is 0 Å². The van der Waals surface area contributed by atoms with Crippen molar-refractivity contribution < 1.29 is 4.79 Å². The minimum absolute atomic E-state index is 0.0457. The summed E-state index contributed by atoms with van der Waals surface area (Å²) >= 11 is 1.61. The molecule has 2 rings (SSSR count). The molecule has 0 atom stereocenters. The molecule has 1 aliphatic rings. The molecule has 88 valence electrons. The third-order valence-electron chi connectivity index (χ3n) is 3.08. The third kappa shape index (κ3) is 2.10. The smallest absolute Gasteiger partial charge is 0.242 e. The van der Waals surface area contributed by atoms with E-state index in [0.29, 0.717) is 6.54 Å². The lowest BCUT2D eigenvalue weighted by Crippen LogP contribution is -2.58. The second-order valence-electron chi connectivity index (χ2n) is 4.53. The van der Waals surface area contributed by atoms with Gasteiger partial charge in [-0.25, -0.2) is 4.98 Å². The third-order valence-corrected chi connectivity index (χ3v) is 3.91. The molecule has 0 aromatic carbocycles. The number of aromatic nitrogens is 1. The van der Waals surface area contributed by atoms with Crippen LogP contribution in [0.1, 0.15) is 30.0 Å². The van der Waals surface area contributed by atoms with Crippen LogP contribution in [0.4, 0.5) is 0 Å². The number of hydrogen-bond donors (Lipinski definition) is 1. The van der Waals surface area contributed by atoms with Crippen molar-refractivity contribution in [3.05, 3.63) is 16.1 Å². The maximum absolute atomic E-state index is 12.0. The van der Waals surface area contributed by atoms with E-state index in [-0.39, 0.29) is 5.91 Å². The fourth-order valence-electron chi connectivity index (χ4n) is 1.95. The number of nitrogens with two attached hydrogens (primary N) is 1. The minimum Gasteiger partial charge on any atom is -0.338 e. The van der Waals surface area contributed by atoms with Crippen LogP contribution >= 0.6 is 11.3 Å². The maximum atomic E-state index is 12.0. The molecule has 0 saturated heterocycles. The monoisotopic (exact) mass is 239 g/mol. The Hall–Kier alpha value is -0.940. The summed E-state index contributed by atoms with van der Waals surface area (Å²) in [5.74, 6) is 0.0457. The van der Waals surface area contributed by atoms with E-state index in [9.17, 15) is 4.79 Å². The molecule has 5 heteroatoms. The van der Waals surface area contributed by atoms with Gasteiger partial charge in [-0.3, -0.25) is 4.79 Å². The van der Waals surface area contributed by atoms with Crippen LogP contribution in [-0.4, -0.2) is 28.4 Å². The zero-order valence-electron chi connectivity index (χ0n) is 9.69. The van der Waals surface area contributed by atoms with Crippen LogP contribution in [0.5, 0.6) is 0 Å². The number of carbonyl (C=O) groups excluding carboxylic acids is 1. The summed E-state index contributed by atoms with van der Waals surface area (Å²) in [5.41, 5.74) is 6.35. The molecular weight excluding hydrogens is 222 g/mol. The lowest BCUT2D eigenvalue weighted by molar-refractivity contribution is -0.139. The van der Waals surface area contributed by atoms with Crippen LogP contribution in [0.15, 0.2) is 5.38 Å². The van der Waals surface area contributed by atoms with Crippen molar-refractivity contribution in [3.63, 3.8) is 0 Å². The summed E-state index contributed by atoms with van der Waals surface area (Å²) in [4.78, 5) is 18.1. The molecule has 1 aromatic rings. The van der Waals surface area contributed by atoms with Gasteiger partial charge >= 0.3 is 0 Å². The average Bonchev–Trinajstić information content (AvgIpc) is 2.59. The Kier molecular flexibility index (Phi) is 2.99. The Balaban J connectivity index is 1.97. The van der Waals surface area contributed by atoms with Crippen LogP contribution in [0.25, 0.3) is 0 Å². The Morgan fingerprint density at radius 2 is 2.38 bits per heavy atom. The van der Waals surface area contributed by atoms with Crippen LogP contribution < -0.4 is 5.73 Å². The summed E-state index contributed by atoms with van der Waals surface area (Å²) in [6, 6.07) is 0. The van der Waals surface area contributed by atoms with Gasteiger partial charge in [-0.05, 0) is 26.2 Å². The average molecular weight is 239 g/mol. The van der Waals surface area contributed by atoms with Crippen LogP contribution in [0.2, 0.25) is 0 Å². The van der Waals surface area contributed by atoms with E-state index in [0.717, 1.165) is 30.0 Å². The summed E-state index contributed by atoms with van der Waals surface area (Å²) in [5, 5.41) is 3.02. The predicted octanol–water partition coefficient (Wildman–Crippen LogP) is 1.29. The molecule has 4 nitrogen and oxygen atoms in total. The highest BCUT2D eigenvalue weighted by Crippen LogP contribution is 2.31. The van der Waals surface area contributed by atoms with Gasteiger partial charge in [-0.2, -0.15) is 0 Å².